The average Bonchev–Trinajstić information content (AvgIpc) is 3.51. The predicted octanol–water partition coefficient (Wildman–Crippen LogP) is 2.11. The molecular weight excluding hydrogens is 635 g/mol. The average molecular weight is 673 g/mol. The number of nitrogens with zero attached hydrogens (tertiary/aromatic N) is 3. The number of phenols is 1. The molecule has 13 heteroatoms. The van der Waals surface area contributed by atoms with Crippen molar-refractivity contribution in [2.24, 2.45) is 29.4 Å². The van der Waals surface area contributed by atoms with Gasteiger partial charge in [-0.1, -0.05) is 12.1 Å². The summed E-state index contributed by atoms with van der Waals surface area (Å²) in [7, 11) is 3.57. The van der Waals surface area contributed by atoms with Crippen LogP contribution in [0.15, 0.2) is 46.9 Å². The molecule has 0 spiro atoms. The zero-order valence-electron chi connectivity index (χ0n) is 27.1. The van der Waals surface area contributed by atoms with Crippen molar-refractivity contribution in [3.05, 3.63) is 65.2 Å². The summed E-state index contributed by atoms with van der Waals surface area (Å²) in [5.74, 6) is -9.98. The van der Waals surface area contributed by atoms with E-state index in [9.17, 15) is 38.6 Å². The van der Waals surface area contributed by atoms with Crippen molar-refractivity contribution in [2.75, 3.05) is 50.1 Å². The second kappa shape index (κ2) is 11.9. The number of fused-ring (bicyclic) bond motifs is 3. The van der Waals surface area contributed by atoms with Gasteiger partial charge in [-0.25, -0.2) is 4.39 Å². The number of ketones is 4. The van der Waals surface area contributed by atoms with Crippen LogP contribution in [0, 0.1) is 29.5 Å². The zero-order valence-corrected chi connectivity index (χ0v) is 27.1. The lowest BCUT2D eigenvalue weighted by Crippen LogP contribution is -2.68. The number of hydrogen-bond acceptors (Lipinski definition) is 11. The third-order valence-corrected chi connectivity index (χ3v) is 10.7. The van der Waals surface area contributed by atoms with E-state index in [2.05, 4.69) is 4.90 Å². The van der Waals surface area contributed by atoms with Gasteiger partial charge < -0.3 is 30.2 Å². The first-order valence-electron chi connectivity index (χ1n) is 16.4. The summed E-state index contributed by atoms with van der Waals surface area (Å²) in [6.45, 7) is 3.09. The van der Waals surface area contributed by atoms with Crippen LogP contribution in [0.1, 0.15) is 34.5 Å². The van der Waals surface area contributed by atoms with Crippen LogP contribution < -0.4 is 15.5 Å². The minimum Gasteiger partial charge on any atom is -0.506 e. The van der Waals surface area contributed by atoms with Crippen LogP contribution in [0.3, 0.4) is 0 Å². The Morgan fingerprint density at radius 2 is 1.76 bits per heavy atom. The second-order valence-corrected chi connectivity index (χ2v) is 13.8. The van der Waals surface area contributed by atoms with Gasteiger partial charge in [-0.05, 0) is 54.7 Å². The van der Waals surface area contributed by atoms with Crippen LogP contribution in [-0.4, -0.2) is 90.0 Å². The fraction of sp³-hybridized carbons (Fsp3) is 0.417. The zero-order chi connectivity index (χ0) is 34.9. The standard InChI is InChI=1S/C36H37FN4O8/c1-39(2)25-16-22(27-8-7-20(49-27)17-40-9-11-41(12-10-40)24-6-4-3-5-23(24)37)31(43)29-21(25)14-18-13-19-15-26(42)30(35(38)47)34(46)36(19,48)33(45)28(18)32(29)44/h3-8,16,18-19,28,30,43,48H,9-15,17H2,1-2H3,(H2,38,47)/t18-,19+,28?,30?,36+/m1/s1. The molecule has 2 aromatic carbocycles. The van der Waals surface area contributed by atoms with Gasteiger partial charge in [0.25, 0.3) is 0 Å². The number of carbonyl (C=O) groups excluding carboxylic acids is 5. The number of halogens is 1. The van der Waals surface area contributed by atoms with Crippen LogP contribution in [0.4, 0.5) is 15.8 Å². The number of Topliss-reactive ketones (excluding diaryl/α,β-unsaturated/α-hetero) is 4. The highest BCUT2D eigenvalue weighted by Crippen LogP contribution is 2.52. The molecular formula is C36H37FN4O8. The van der Waals surface area contributed by atoms with Gasteiger partial charge in [0, 0.05) is 58.3 Å². The molecule has 49 heavy (non-hydrogen) atoms. The summed E-state index contributed by atoms with van der Waals surface area (Å²) in [5, 5.41) is 23.2. The molecule has 7 rings (SSSR count). The molecule has 2 unspecified atom stereocenters. The Morgan fingerprint density at radius 1 is 1.04 bits per heavy atom. The minimum atomic E-state index is -2.71. The lowest BCUT2D eigenvalue weighted by Gasteiger charge is -2.48. The van der Waals surface area contributed by atoms with Gasteiger partial charge in [-0.15, -0.1) is 0 Å². The molecule has 0 radical (unpaired) electrons. The SMILES string of the molecule is CN(C)c1cc(-c2ccc(CN3CCN(c4ccccc4F)CC3)o2)c(O)c2c1C[C@H]1C[C@H]3CC(=O)C(C(N)=O)C(=O)[C@@]3(O)C(=O)C1C2=O. The number of anilines is 2. The van der Waals surface area contributed by atoms with E-state index in [4.69, 9.17) is 10.2 Å². The van der Waals surface area contributed by atoms with E-state index >= 15 is 0 Å². The molecule has 3 aromatic rings. The van der Waals surface area contributed by atoms with E-state index < -0.39 is 64.7 Å². The summed E-state index contributed by atoms with van der Waals surface area (Å²) in [6, 6.07) is 11.9. The Balaban J connectivity index is 1.16. The number of primary amides is 1. The van der Waals surface area contributed by atoms with E-state index in [-0.39, 0.29) is 35.5 Å². The lowest BCUT2D eigenvalue weighted by atomic mass is 9.53. The molecule has 12 nitrogen and oxygen atoms in total. The largest absolute Gasteiger partial charge is 0.506 e. The number of benzene rings is 2. The van der Waals surface area contributed by atoms with Crippen molar-refractivity contribution in [1.29, 1.82) is 0 Å². The van der Waals surface area contributed by atoms with Crippen LogP contribution >= 0.6 is 0 Å². The number of piperazine rings is 1. The highest BCUT2D eigenvalue weighted by molar-refractivity contribution is 6.31. The molecule has 3 aliphatic carbocycles. The number of hydrogen-bond donors (Lipinski definition) is 3. The van der Waals surface area contributed by atoms with Crippen molar-refractivity contribution in [1.82, 2.24) is 4.90 Å². The Labute approximate surface area is 281 Å². The van der Waals surface area contributed by atoms with Gasteiger partial charge in [0.1, 0.15) is 23.1 Å². The lowest BCUT2D eigenvalue weighted by molar-refractivity contribution is -0.175. The highest BCUT2D eigenvalue weighted by Gasteiger charge is 2.66. The topological polar surface area (TPSA) is 175 Å². The maximum absolute atomic E-state index is 14.3. The first-order valence-corrected chi connectivity index (χ1v) is 16.4. The molecule has 2 saturated carbocycles. The molecule has 2 heterocycles. The summed E-state index contributed by atoms with van der Waals surface area (Å²) in [4.78, 5) is 72.0. The number of nitrogens with two attached hydrogens (primary N) is 1. The molecule has 1 aliphatic heterocycles. The van der Waals surface area contributed by atoms with Crippen LogP contribution in [0.2, 0.25) is 0 Å². The first kappa shape index (κ1) is 32.7. The van der Waals surface area contributed by atoms with Crippen LogP contribution in [-0.2, 0) is 32.1 Å². The first-order chi connectivity index (χ1) is 23.3. The maximum Gasteiger partial charge on any atom is 0.235 e. The Bertz CT molecular complexity index is 1910. The van der Waals surface area contributed by atoms with Gasteiger partial charge >= 0.3 is 0 Å². The van der Waals surface area contributed by atoms with E-state index in [1.807, 2.05) is 11.0 Å². The number of amides is 1. The number of rotatable bonds is 6. The number of carbonyl (C=O) groups is 5. The Hall–Kier alpha value is -4.88. The quantitative estimate of drug-likeness (QED) is 0.327. The number of furan rings is 1. The molecule has 1 aromatic heterocycles. The van der Waals surface area contributed by atoms with Crippen molar-refractivity contribution < 1.29 is 43.0 Å². The van der Waals surface area contributed by atoms with Gasteiger partial charge in [0.15, 0.2) is 34.7 Å². The number of aliphatic hydroxyl groups is 1. The third kappa shape index (κ3) is 5.14. The van der Waals surface area contributed by atoms with E-state index in [1.54, 1.807) is 49.3 Å². The molecule has 1 saturated heterocycles. The second-order valence-electron chi connectivity index (χ2n) is 13.8. The van der Waals surface area contributed by atoms with E-state index in [0.29, 0.717) is 61.2 Å². The van der Waals surface area contributed by atoms with Gasteiger partial charge in [0.2, 0.25) is 5.91 Å². The monoisotopic (exact) mass is 672 g/mol. The summed E-state index contributed by atoms with van der Waals surface area (Å²) < 4.78 is 20.5. The van der Waals surface area contributed by atoms with E-state index in [1.165, 1.54) is 6.07 Å². The third-order valence-electron chi connectivity index (χ3n) is 10.7. The molecule has 0 bridgehead atoms. The highest BCUT2D eigenvalue weighted by atomic mass is 19.1. The summed E-state index contributed by atoms with van der Waals surface area (Å²) in [6.07, 6.45) is -0.194. The van der Waals surface area contributed by atoms with Gasteiger partial charge in [0.05, 0.1) is 29.3 Å². The fourth-order valence-corrected chi connectivity index (χ4v) is 8.28. The normalized spacial score (nSPS) is 27.1. The van der Waals surface area contributed by atoms with Gasteiger partial charge in [-0.3, -0.25) is 28.9 Å². The molecule has 4 N–H and O–H groups in total. The molecule has 4 aliphatic rings. The molecule has 3 fully saturated rings. The summed E-state index contributed by atoms with van der Waals surface area (Å²) in [5.41, 5.74) is 4.42. The molecule has 5 atom stereocenters. The van der Waals surface area contributed by atoms with Crippen LogP contribution in [0.5, 0.6) is 5.75 Å². The smallest absolute Gasteiger partial charge is 0.235 e. The van der Waals surface area contributed by atoms with Crippen molar-refractivity contribution in [2.45, 2.75) is 31.4 Å². The Morgan fingerprint density at radius 3 is 2.43 bits per heavy atom. The maximum atomic E-state index is 14.3. The minimum absolute atomic E-state index is 0.0204. The summed E-state index contributed by atoms with van der Waals surface area (Å²) >= 11 is 0. The molecule has 256 valence electrons. The van der Waals surface area contributed by atoms with Crippen molar-refractivity contribution in [3.63, 3.8) is 0 Å². The number of para-hydroxylation sites is 1. The Kier molecular flexibility index (Phi) is 7.94. The fourth-order valence-electron chi connectivity index (χ4n) is 8.28. The number of phenolic OH excluding ortho intramolecular Hbond substituents is 1. The van der Waals surface area contributed by atoms with E-state index in [0.717, 1.165) is 0 Å². The van der Waals surface area contributed by atoms with Crippen LogP contribution in [0.25, 0.3) is 11.3 Å². The van der Waals surface area contributed by atoms with Crippen molar-refractivity contribution >= 4 is 40.4 Å². The number of aromatic hydroxyl groups is 1. The van der Waals surface area contributed by atoms with Gasteiger partial charge in [-0.2, -0.15) is 0 Å². The predicted molar refractivity (Wildman–Crippen MR) is 174 cm³/mol. The molecule has 1 amide bonds. The van der Waals surface area contributed by atoms with Crippen molar-refractivity contribution in [3.8, 4) is 17.1 Å².